The van der Waals surface area contributed by atoms with E-state index in [0.29, 0.717) is 5.58 Å². The van der Waals surface area contributed by atoms with Gasteiger partial charge < -0.3 is 10.2 Å². The van der Waals surface area contributed by atoms with E-state index in [0.717, 1.165) is 22.9 Å². The van der Waals surface area contributed by atoms with E-state index in [1.165, 1.54) is 12.1 Å². The van der Waals surface area contributed by atoms with E-state index >= 15 is 0 Å². The lowest BCUT2D eigenvalue weighted by Gasteiger charge is -2.04. The average molecular weight is 332 g/mol. The number of nitrogens with zero attached hydrogens (tertiary/aromatic N) is 3. The highest BCUT2D eigenvalue weighted by molar-refractivity contribution is 5.92. The zero-order chi connectivity index (χ0) is 17.4. The summed E-state index contributed by atoms with van der Waals surface area (Å²) >= 11 is 0. The molecule has 3 rings (SSSR count). The Morgan fingerprint density at radius 3 is 2.83 bits per heavy atom. The van der Waals surface area contributed by atoms with Crippen LogP contribution in [0.25, 0.3) is 11.1 Å². The second-order valence-corrected chi connectivity index (χ2v) is 4.89. The number of oxazole rings is 1. The number of aromatic nitrogens is 2. The lowest BCUT2D eigenvalue weighted by molar-refractivity contribution is -0.385. The van der Waals surface area contributed by atoms with Crippen LogP contribution in [-0.4, -0.2) is 20.4 Å². The number of primary amides is 1. The molecule has 2 aromatic heterocycles. The van der Waals surface area contributed by atoms with E-state index < -0.39 is 33.5 Å². The second-order valence-electron chi connectivity index (χ2n) is 4.89. The van der Waals surface area contributed by atoms with Gasteiger partial charge in [0.1, 0.15) is 23.4 Å². The Hall–Kier alpha value is -3.56. The Labute approximate surface area is 132 Å². The summed E-state index contributed by atoms with van der Waals surface area (Å²) in [6, 6.07) is 4.50. The first-order valence-corrected chi connectivity index (χ1v) is 6.59. The van der Waals surface area contributed by atoms with Crippen LogP contribution in [0.5, 0.6) is 0 Å². The number of hydrogen-bond donors (Lipinski definition) is 1. The highest BCUT2D eigenvalue weighted by Crippen LogP contribution is 2.18. The zero-order valence-corrected chi connectivity index (χ0v) is 11.9. The molecule has 1 amide bonds. The van der Waals surface area contributed by atoms with E-state index in [1.54, 1.807) is 0 Å². The molecule has 0 saturated heterocycles. The smallest absolute Gasteiger partial charge is 0.286 e. The highest BCUT2D eigenvalue weighted by atomic mass is 19.1. The number of nitro groups is 1. The van der Waals surface area contributed by atoms with E-state index in [2.05, 4.69) is 4.98 Å². The van der Waals surface area contributed by atoms with Crippen molar-refractivity contribution in [1.29, 1.82) is 0 Å². The zero-order valence-electron chi connectivity index (χ0n) is 11.9. The summed E-state index contributed by atoms with van der Waals surface area (Å²) in [4.78, 5) is 37.6. The molecule has 0 saturated carbocycles. The van der Waals surface area contributed by atoms with Gasteiger partial charge in [0.25, 0.3) is 17.2 Å². The molecule has 10 heteroatoms. The highest BCUT2D eigenvalue weighted by Gasteiger charge is 2.18. The number of rotatable bonds is 4. The maximum Gasteiger partial charge on any atom is 0.286 e. The maximum atomic E-state index is 13.2. The molecule has 0 spiro atoms. The number of carbonyl (C=O) groups excluding carboxylic acids is 1. The molecule has 2 heterocycles. The second kappa shape index (κ2) is 5.57. The van der Waals surface area contributed by atoms with Gasteiger partial charge in [0.2, 0.25) is 5.89 Å². The predicted octanol–water partition coefficient (Wildman–Crippen LogP) is 1.18. The maximum absolute atomic E-state index is 13.2. The van der Waals surface area contributed by atoms with E-state index in [4.69, 9.17) is 10.2 Å². The molecule has 0 aliphatic heterocycles. The normalized spacial score (nSPS) is 10.9. The third-order valence-corrected chi connectivity index (χ3v) is 3.25. The molecule has 3 aromatic rings. The van der Waals surface area contributed by atoms with Gasteiger partial charge in [-0.05, 0) is 12.1 Å². The van der Waals surface area contributed by atoms with Crippen LogP contribution in [0.3, 0.4) is 0 Å². The van der Waals surface area contributed by atoms with Crippen LogP contribution in [0, 0.1) is 15.9 Å². The lowest BCUT2D eigenvalue weighted by atomic mass is 10.2. The number of nitrogens with two attached hydrogens (primary N) is 1. The minimum atomic E-state index is -1.09. The van der Waals surface area contributed by atoms with Crippen LogP contribution >= 0.6 is 0 Å². The van der Waals surface area contributed by atoms with E-state index in [1.807, 2.05) is 0 Å². The van der Waals surface area contributed by atoms with Crippen molar-refractivity contribution >= 4 is 22.7 Å². The van der Waals surface area contributed by atoms with Gasteiger partial charge in [-0.2, -0.15) is 0 Å². The van der Waals surface area contributed by atoms with Crippen LogP contribution in [0.15, 0.2) is 39.7 Å². The molecule has 122 valence electrons. The van der Waals surface area contributed by atoms with Crippen molar-refractivity contribution in [3.05, 3.63) is 68.2 Å². The molecule has 0 aliphatic carbocycles. The quantitative estimate of drug-likeness (QED) is 0.563. The molecule has 0 radical (unpaired) electrons. The summed E-state index contributed by atoms with van der Waals surface area (Å²) in [5.74, 6) is -1.57. The van der Waals surface area contributed by atoms with Gasteiger partial charge in [-0.15, -0.1) is 0 Å². The summed E-state index contributed by atoms with van der Waals surface area (Å²) in [7, 11) is 0. The fraction of sp³-hybridized carbons (Fsp3) is 0.0714. The van der Waals surface area contributed by atoms with Crippen molar-refractivity contribution in [2.24, 2.45) is 5.73 Å². The fourth-order valence-corrected chi connectivity index (χ4v) is 2.18. The Balaban J connectivity index is 2.09. The number of benzene rings is 1. The number of hydrogen-bond acceptors (Lipinski definition) is 6. The van der Waals surface area contributed by atoms with Crippen LogP contribution in [0.2, 0.25) is 0 Å². The molecule has 0 aliphatic rings. The molecular weight excluding hydrogens is 323 g/mol. The molecule has 24 heavy (non-hydrogen) atoms. The number of carbonyl (C=O) groups is 1. The van der Waals surface area contributed by atoms with Gasteiger partial charge in [0.05, 0.1) is 11.1 Å². The molecule has 1 aromatic carbocycles. The van der Waals surface area contributed by atoms with Gasteiger partial charge in [-0.3, -0.25) is 24.3 Å². The van der Waals surface area contributed by atoms with Gasteiger partial charge in [0.15, 0.2) is 5.58 Å². The Kier molecular flexibility index (Phi) is 3.56. The number of amides is 1. The topological polar surface area (TPSA) is 134 Å². The molecule has 2 N–H and O–H groups in total. The molecule has 0 atom stereocenters. The largest absolute Gasteiger partial charge is 0.439 e. The molecule has 0 bridgehead atoms. The monoisotopic (exact) mass is 332 g/mol. The molecule has 0 fully saturated rings. The summed E-state index contributed by atoms with van der Waals surface area (Å²) < 4.78 is 19.4. The third-order valence-electron chi connectivity index (χ3n) is 3.25. The minimum absolute atomic E-state index is 0.0219. The van der Waals surface area contributed by atoms with Crippen LogP contribution in [0.1, 0.15) is 16.2 Å². The van der Waals surface area contributed by atoms with Gasteiger partial charge in [-0.1, -0.05) is 0 Å². The summed E-state index contributed by atoms with van der Waals surface area (Å²) in [6.45, 7) is -0.281. The SMILES string of the molecule is NC(=O)c1cc([N+](=O)[O-])cn(Cc2nc3cc(F)ccc3o2)c1=O. The van der Waals surface area contributed by atoms with Gasteiger partial charge in [0, 0.05) is 12.1 Å². The van der Waals surface area contributed by atoms with Crippen LogP contribution in [-0.2, 0) is 6.54 Å². The number of fused-ring (bicyclic) bond motifs is 1. The van der Waals surface area contributed by atoms with Gasteiger partial charge in [-0.25, -0.2) is 9.37 Å². The number of pyridine rings is 1. The van der Waals surface area contributed by atoms with Crippen molar-refractivity contribution in [3.8, 4) is 0 Å². The predicted molar refractivity (Wildman–Crippen MR) is 78.9 cm³/mol. The third kappa shape index (κ3) is 2.72. The lowest BCUT2D eigenvalue weighted by Crippen LogP contribution is -2.30. The van der Waals surface area contributed by atoms with Crippen molar-refractivity contribution in [3.63, 3.8) is 0 Å². The Morgan fingerprint density at radius 1 is 1.42 bits per heavy atom. The summed E-state index contributed by atoms with van der Waals surface area (Å²) in [6.07, 6.45) is 0.949. The molecule has 9 nitrogen and oxygen atoms in total. The van der Waals surface area contributed by atoms with Crippen molar-refractivity contribution in [1.82, 2.24) is 9.55 Å². The average Bonchev–Trinajstić information content (AvgIpc) is 2.90. The molecule has 0 unspecified atom stereocenters. The first kappa shape index (κ1) is 15.3. The van der Waals surface area contributed by atoms with E-state index in [9.17, 15) is 24.1 Å². The number of halogens is 1. The van der Waals surface area contributed by atoms with Crippen LogP contribution in [0.4, 0.5) is 10.1 Å². The molecular formula is C14H9FN4O5. The van der Waals surface area contributed by atoms with E-state index in [-0.39, 0.29) is 18.0 Å². The van der Waals surface area contributed by atoms with Crippen molar-refractivity contribution in [2.45, 2.75) is 6.54 Å². The fourth-order valence-electron chi connectivity index (χ4n) is 2.18. The first-order valence-electron chi connectivity index (χ1n) is 6.59. The summed E-state index contributed by atoms with van der Waals surface area (Å²) in [5.41, 5.74) is 3.77. The Morgan fingerprint density at radius 2 is 2.17 bits per heavy atom. The van der Waals surface area contributed by atoms with Gasteiger partial charge >= 0.3 is 0 Å². The summed E-state index contributed by atoms with van der Waals surface area (Å²) in [5, 5.41) is 10.9. The standard InChI is InChI=1S/C14H9FN4O5/c15-7-1-2-11-10(3-7)17-12(24-11)6-18-5-8(19(22)23)4-9(13(16)20)14(18)21/h1-5H,6H2,(H2,16,20). The van der Waals surface area contributed by atoms with Crippen molar-refractivity contribution in [2.75, 3.05) is 0 Å². The van der Waals surface area contributed by atoms with Crippen LogP contribution < -0.4 is 11.3 Å². The van der Waals surface area contributed by atoms with Crippen molar-refractivity contribution < 1.29 is 18.5 Å². The minimum Gasteiger partial charge on any atom is -0.439 e. The Bertz CT molecular complexity index is 1040. The first-order chi connectivity index (χ1) is 11.3.